The molecule has 0 spiro atoms. The molecule has 2 N–H and O–H groups in total. The number of halogens is 6. The van der Waals surface area contributed by atoms with Crippen molar-refractivity contribution in [2.75, 3.05) is 13.2 Å². The largest absolute Gasteiger partial charge is 0.491 e. The lowest BCUT2D eigenvalue weighted by atomic mass is 10.2. The van der Waals surface area contributed by atoms with Gasteiger partial charge in [-0.05, 0) is 54.2 Å². The van der Waals surface area contributed by atoms with E-state index >= 15 is 0 Å². The lowest BCUT2D eigenvalue weighted by Crippen LogP contribution is -2.35. The van der Waals surface area contributed by atoms with E-state index in [1.807, 2.05) is 0 Å². The van der Waals surface area contributed by atoms with Gasteiger partial charge >= 0.3 is 11.7 Å². The Labute approximate surface area is 165 Å². The summed E-state index contributed by atoms with van der Waals surface area (Å²) in [4.78, 5) is 11.9. The van der Waals surface area contributed by atoms with Crippen LogP contribution in [-0.4, -0.2) is 35.8 Å². The van der Waals surface area contributed by atoms with Crippen LogP contribution < -0.4 is 10.1 Å². The molecule has 0 aromatic heterocycles. The SMILES string of the molecule is O=C(NCC(O)COc1cccc(C(F)(F)F)c1)c1ccc(SC(F)(F)F)cc1. The van der Waals surface area contributed by atoms with Crippen LogP contribution >= 0.6 is 11.8 Å². The Hall–Kier alpha value is -2.40. The van der Waals surface area contributed by atoms with Crippen LogP contribution in [0.3, 0.4) is 0 Å². The molecule has 0 aliphatic heterocycles. The molecule has 1 unspecified atom stereocenters. The quantitative estimate of drug-likeness (QED) is 0.493. The maximum atomic E-state index is 12.6. The molecule has 0 saturated heterocycles. The number of carbonyl (C=O) groups excluding carboxylic acids is 1. The topological polar surface area (TPSA) is 58.6 Å². The minimum absolute atomic E-state index is 0.0800. The van der Waals surface area contributed by atoms with Gasteiger partial charge in [-0.15, -0.1) is 0 Å². The molecule has 0 aliphatic carbocycles. The summed E-state index contributed by atoms with van der Waals surface area (Å²) < 4.78 is 79.8. The lowest BCUT2D eigenvalue weighted by molar-refractivity contribution is -0.137. The third kappa shape index (κ3) is 7.86. The van der Waals surface area contributed by atoms with E-state index in [1.54, 1.807) is 0 Å². The standard InChI is InChI=1S/C18H15F6NO3S/c19-17(20,21)12-2-1-3-14(8-12)28-10-13(26)9-25-16(27)11-4-6-15(7-5-11)29-18(22,23)24/h1-8,13,26H,9-10H2,(H,25,27). The summed E-state index contributed by atoms with van der Waals surface area (Å²) in [5.74, 6) is -0.727. The van der Waals surface area contributed by atoms with Crippen LogP contribution in [0.4, 0.5) is 26.3 Å². The smallest absolute Gasteiger partial charge is 0.446 e. The van der Waals surface area contributed by atoms with Crippen molar-refractivity contribution in [1.82, 2.24) is 5.32 Å². The molecule has 4 nitrogen and oxygen atoms in total. The summed E-state index contributed by atoms with van der Waals surface area (Å²) in [5.41, 5.74) is -5.25. The first-order chi connectivity index (χ1) is 13.4. The first kappa shape index (κ1) is 22.9. The summed E-state index contributed by atoms with van der Waals surface area (Å²) in [6, 6.07) is 8.80. The molecular formula is C18H15F6NO3S. The van der Waals surface area contributed by atoms with Crippen LogP contribution in [0.1, 0.15) is 15.9 Å². The third-order valence-electron chi connectivity index (χ3n) is 3.45. The Balaban J connectivity index is 1.81. The highest BCUT2D eigenvalue weighted by Crippen LogP contribution is 2.36. The van der Waals surface area contributed by atoms with Gasteiger partial charge in [-0.1, -0.05) is 6.07 Å². The van der Waals surface area contributed by atoms with E-state index in [2.05, 4.69) is 5.32 Å². The van der Waals surface area contributed by atoms with Crippen LogP contribution in [0.2, 0.25) is 0 Å². The molecule has 1 amide bonds. The van der Waals surface area contributed by atoms with Crippen molar-refractivity contribution in [3.8, 4) is 5.75 Å². The molecular weight excluding hydrogens is 424 g/mol. The molecule has 11 heteroatoms. The number of hydrogen-bond donors (Lipinski definition) is 2. The van der Waals surface area contributed by atoms with Crippen molar-refractivity contribution in [2.24, 2.45) is 0 Å². The van der Waals surface area contributed by atoms with Gasteiger partial charge in [0.25, 0.3) is 5.91 Å². The summed E-state index contributed by atoms with van der Waals surface area (Å²) in [7, 11) is 0. The first-order valence-corrected chi connectivity index (χ1v) is 8.88. The predicted molar refractivity (Wildman–Crippen MR) is 93.6 cm³/mol. The fourth-order valence-electron chi connectivity index (χ4n) is 2.13. The molecule has 2 aromatic rings. The second-order valence-electron chi connectivity index (χ2n) is 5.77. The van der Waals surface area contributed by atoms with Gasteiger partial charge in [-0.25, -0.2) is 0 Å². The molecule has 0 heterocycles. The van der Waals surface area contributed by atoms with Crippen LogP contribution in [0.15, 0.2) is 53.4 Å². The van der Waals surface area contributed by atoms with Crippen LogP contribution in [0, 0.1) is 0 Å². The zero-order valence-electron chi connectivity index (χ0n) is 14.6. The fourth-order valence-corrected chi connectivity index (χ4v) is 2.67. The van der Waals surface area contributed by atoms with E-state index in [-0.39, 0.29) is 41.1 Å². The van der Waals surface area contributed by atoms with Crippen LogP contribution in [0.5, 0.6) is 5.75 Å². The summed E-state index contributed by atoms with van der Waals surface area (Å²) in [6.07, 6.45) is -5.74. The van der Waals surface area contributed by atoms with E-state index in [9.17, 15) is 36.2 Å². The number of aliphatic hydroxyl groups excluding tert-OH is 1. The summed E-state index contributed by atoms with van der Waals surface area (Å²) in [5, 5.41) is 12.2. The monoisotopic (exact) mass is 439 g/mol. The van der Waals surface area contributed by atoms with Gasteiger partial charge in [0.05, 0.1) is 5.56 Å². The predicted octanol–water partition coefficient (Wildman–Crippen LogP) is 4.49. The number of thioether (sulfide) groups is 1. The highest BCUT2D eigenvalue weighted by atomic mass is 32.2. The maximum Gasteiger partial charge on any atom is 0.446 e. The van der Waals surface area contributed by atoms with Gasteiger partial charge < -0.3 is 15.2 Å². The van der Waals surface area contributed by atoms with Gasteiger partial charge in [-0.2, -0.15) is 26.3 Å². The number of amides is 1. The van der Waals surface area contributed by atoms with Gasteiger partial charge in [0.1, 0.15) is 18.5 Å². The first-order valence-electron chi connectivity index (χ1n) is 8.06. The van der Waals surface area contributed by atoms with E-state index in [0.29, 0.717) is 0 Å². The zero-order valence-corrected chi connectivity index (χ0v) is 15.4. The number of aliphatic hydroxyl groups is 1. The van der Waals surface area contributed by atoms with Gasteiger partial charge in [0.2, 0.25) is 0 Å². The number of benzene rings is 2. The molecule has 0 radical (unpaired) electrons. The number of carbonyl (C=O) groups is 1. The highest BCUT2D eigenvalue weighted by Gasteiger charge is 2.31. The Kier molecular flexibility index (Phi) is 7.42. The molecule has 2 rings (SSSR count). The number of rotatable bonds is 7. The molecule has 2 aromatic carbocycles. The van der Waals surface area contributed by atoms with Crippen molar-refractivity contribution in [3.63, 3.8) is 0 Å². The van der Waals surface area contributed by atoms with Crippen LogP contribution in [-0.2, 0) is 6.18 Å². The van der Waals surface area contributed by atoms with Gasteiger partial charge in [0.15, 0.2) is 0 Å². The molecule has 0 fully saturated rings. The van der Waals surface area contributed by atoms with Crippen molar-refractivity contribution in [1.29, 1.82) is 0 Å². The van der Waals surface area contributed by atoms with Gasteiger partial charge in [0, 0.05) is 17.0 Å². The van der Waals surface area contributed by atoms with Crippen molar-refractivity contribution in [2.45, 2.75) is 22.7 Å². The van der Waals surface area contributed by atoms with E-state index in [1.165, 1.54) is 18.2 Å². The number of ether oxygens (including phenoxy) is 1. The molecule has 0 aliphatic rings. The summed E-state index contributed by atoms with van der Waals surface area (Å²) >= 11 is -0.312. The second-order valence-corrected chi connectivity index (χ2v) is 6.91. The minimum atomic E-state index is -4.53. The number of hydrogen-bond acceptors (Lipinski definition) is 4. The number of alkyl halides is 6. The molecule has 0 saturated carbocycles. The van der Waals surface area contributed by atoms with Crippen molar-refractivity contribution in [3.05, 3.63) is 59.7 Å². The van der Waals surface area contributed by atoms with Crippen molar-refractivity contribution >= 4 is 17.7 Å². The average molecular weight is 439 g/mol. The normalized spacial score (nSPS) is 13.1. The van der Waals surface area contributed by atoms with Crippen molar-refractivity contribution < 1.29 is 41.0 Å². The average Bonchev–Trinajstić information content (AvgIpc) is 2.63. The molecule has 29 heavy (non-hydrogen) atoms. The maximum absolute atomic E-state index is 12.6. The zero-order chi connectivity index (χ0) is 21.7. The van der Waals surface area contributed by atoms with E-state index in [4.69, 9.17) is 4.74 Å². The van der Waals surface area contributed by atoms with Crippen LogP contribution in [0.25, 0.3) is 0 Å². The molecule has 158 valence electrons. The second kappa shape index (κ2) is 9.40. The van der Waals surface area contributed by atoms with E-state index < -0.39 is 29.3 Å². The Bertz CT molecular complexity index is 824. The lowest BCUT2D eigenvalue weighted by Gasteiger charge is -2.14. The third-order valence-corrected chi connectivity index (χ3v) is 4.19. The Morgan fingerprint density at radius 1 is 1.07 bits per heavy atom. The Morgan fingerprint density at radius 2 is 1.72 bits per heavy atom. The molecule has 0 bridgehead atoms. The number of nitrogens with one attached hydrogen (secondary N) is 1. The summed E-state index contributed by atoms with van der Waals surface area (Å²) in [6.45, 7) is -0.639. The highest BCUT2D eigenvalue weighted by molar-refractivity contribution is 8.00. The van der Waals surface area contributed by atoms with E-state index in [0.717, 1.165) is 30.3 Å². The Morgan fingerprint density at radius 3 is 2.31 bits per heavy atom. The fraction of sp³-hybridized carbons (Fsp3) is 0.278. The van der Waals surface area contributed by atoms with Gasteiger partial charge in [-0.3, -0.25) is 4.79 Å². The molecule has 1 atom stereocenters. The minimum Gasteiger partial charge on any atom is -0.491 e.